The number of benzene rings is 1. The van der Waals surface area contributed by atoms with E-state index in [0.29, 0.717) is 43.9 Å². The molecule has 1 saturated heterocycles. The van der Waals surface area contributed by atoms with Gasteiger partial charge in [0.2, 0.25) is 0 Å². The Hall–Kier alpha value is -3.22. The lowest BCUT2D eigenvalue weighted by Gasteiger charge is -2.36. The Kier molecular flexibility index (Phi) is 6.53. The van der Waals surface area contributed by atoms with Gasteiger partial charge in [-0.05, 0) is 37.1 Å². The van der Waals surface area contributed by atoms with E-state index < -0.39 is 0 Å². The van der Waals surface area contributed by atoms with Crippen LogP contribution in [0, 0.1) is 12.7 Å². The normalized spacial score (nSPS) is 15.1. The summed E-state index contributed by atoms with van der Waals surface area (Å²) in [5.74, 6) is 1.93. The van der Waals surface area contributed by atoms with Crippen LogP contribution in [0.25, 0.3) is 0 Å². The number of anilines is 1. The topological polar surface area (TPSA) is 62.5 Å². The smallest absolute Gasteiger partial charge is 0.289 e. The van der Waals surface area contributed by atoms with Crippen molar-refractivity contribution in [3.8, 4) is 0 Å². The van der Waals surface area contributed by atoms with Gasteiger partial charge in [-0.2, -0.15) is 0 Å². The van der Waals surface area contributed by atoms with E-state index in [1.165, 1.54) is 12.3 Å². The molecule has 0 saturated carbocycles. The van der Waals surface area contributed by atoms with Gasteiger partial charge in [-0.3, -0.25) is 4.79 Å². The molecule has 0 bridgehead atoms. The highest BCUT2D eigenvalue weighted by molar-refractivity contribution is 5.91. The van der Waals surface area contributed by atoms with Gasteiger partial charge >= 0.3 is 0 Å². The molecule has 1 amide bonds. The summed E-state index contributed by atoms with van der Waals surface area (Å²) < 4.78 is 19.7. The number of amides is 1. The molecule has 168 valence electrons. The van der Waals surface area contributed by atoms with E-state index in [1.54, 1.807) is 29.2 Å². The van der Waals surface area contributed by atoms with Gasteiger partial charge in [0, 0.05) is 49.8 Å². The summed E-state index contributed by atoms with van der Waals surface area (Å²) in [5, 5.41) is 0. The second-order valence-electron chi connectivity index (χ2n) is 8.30. The summed E-state index contributed by atoms with van der Waals surface area (Å²) in [5.41, 5.74) is 2.44. The number of rotatable bonds is 6. The minimum absolute atomic E-state index is 0.0969. The van der Waals surface area contributed by atoms with Crippen molar-refractivity contribution in [3.05, 3.63) is 76.9 Å². The van der Waals surface area contributed by atoms with Crippen LogP contribution in [0.2, 0.25) is 0 Å². The number of furan rings is 1. The number of hydrogen-bond acceptors (Lipinski definition) is 5. The lowest BCUT2D eigenvalue weighted by atomic mass is 10.0. The molecule has 0 radical (unpaired) electrons. The molecule has 1 aromatic carbocycles. The van der Waals surface area contributed by atoms with Gasteiger partial charge in [0.1, 0.15) is 17.5 Å². The van der Waals surface area contributed by atoms with E-state index in [-0.39, 0.29) is 17.6 Å². The fourth-order valence-corrected chi connectivity index (χ4v) is 3.98. The molecule has 3 heterocycles. The number of aromatic nitrogens is 2. The molecule has 0 unspecified atom stereocenters. The van der Waals surface area contributed by atoms with E-state index in [0.717, 1.165) is 29.3 Å². The van der Waals surface area contributed by atoms with E-state index in [2.05, 4.69) is 18.7 Å². The summed E-state index contributed by atoms with van der Waals surface area (Å²) in [7, 11) is 0. The number of carbonyl (C=O) groups excluding carboxylic acids is 1. The zero-order valence-electron chi connectivity index (χ0n) is 18.8. The molecule has 1 aliphatic rings. The molecule has 0 spiro atoms. The highest BCUT2D eigenvalue weighted by Crippen LogP contribution is 2.28. The Balaban J connectivity index is 1.62. The van der Waals surface area contributed by atoms with E-state index in [1.807, 2.05) is 13.0 Å². The van der Waals surface area contributed by atoms with E-state index in [9.17, 15) is 9.18 Å². The standard InChI is InChI=1S/C25H29FN4O2/c1-4-17(2)23-27-18(3)20(16-19-8-5-6-9-21(19)26)24(28-23)29-11-13-30(14-12-29)25(31)22-10-7-15-32-22/h5-10,15,17H,4,11-14,16H2,1-3H3/t17-/m0/s1. The van der Waals surface area contributed by atoms with Crippen LogP contribution in [0.15, 0.2) is 47.1 Å². The Morgan fingerprint density at radius 3 is 2.53 bits per heavy atom. The summed E-state index contributed by atoms with van der Waals surface area (Å²) in [6.07, 6.45) is 2.88. The van der Waals surface area contributed by atoms with Crippen LogP contribution >= 0.6 is 0 Å². The van der Waals surface area contributed by atoms with Gasteiger partial charge in [0.25, 0.3) is 5.91 Å². The molecular formula is C25H29FN4O2. The largest absolute Gasteiger partial charge is 0.459 e. The summed E-state index contributed by atoms with van der Waals surface area (Å²) >= 11 is 0. The number of hydrogen-bond donors (Lipinski definition) is 0. The van der Waals surface area contributed by atoms with Crippen molar-refractivity contribution in [1.82, 2.24) is 14.9 Å². The minimum Gasteiger partial charge on any atom is -0.459 e. The first-order valence-electron chi connectivity index (χ1n) is 11.2. The third-order valence-electron chi connectivity index (χ3n) is 6.19. The lowest BCUT2D eigenvalue weighted by Crippen LogP contribution is -2.49. The van der Waals surface area contributed by atoms with Gasteiger partial charge < -0.3 is 14.2 Å². The fourth-order valence-electron chi connectivity index (χ4n) is 3.98. The van der Waals surface area contributed by atoms with Crippen LogP contribution < -0.4 is 4.90 Å². The number of nitrogens with zero attached hydrogens (tertiary/aromatic N) is 4. The molecule has 1 fully saturated rings. The van der Waals surface area contributed by atoms with Crippen molar-refractivity contribution in [2.75, 3.05) is 31.1 Å². The summed E-state index contributed by atoms with van der Waals surface area (Å²) in [4.78, 5) is 26.3. The molecule has 32 heavy (non-hydrogen) atoms. The van der Waals surface area contributed by atoms with Gasteiger partial charge in [0.15, 0.2) is 5.76 Å². The van der Waals surface area contributed by atoms with Crippen LogP contribution in [0.5, 0.6) is 0 Å². The van der Waals surface area contributed by atoms with Crippen molar-refractivity contribution < 1.29 is 13.6 Å². The van der Waals surface area contributed by atoms with Crippen molar-refractivity contribution >= 4 is 11.7 Å². The SMILES string of the molecule is CC[C@H](C)c1nc(C)c(Cc2ccccc2F)c(N2CCN(C(=O)c3ccco3)CC2)n1. The molecule has 4 rings (SSSR count). The third kappa shape index (κ3) is 4.52. The molecule has 7 heteroatoms. The molecule has 2 aromatic heterocycles. The molecular weight excluding hydrogens is 407 g/mol. The van der Waals surface area contributed by atoms with Crippen molar-refractivity contribution in [2.24, 2.45) is 0 Å². The van der Waals surface area contributed by atoms with Crippen molar-refractivity contribution in [2.45, 2.75) is 39.5 Å². The Labute approximate surface area is 188 Å². The predicted molar refractivity (Wildman–Crippen MR) is 122 cm³/mol. The second-order valence-corrected chi connectivity index (χ2v) is 8.30. The number of aryl methyl sites for hydroxylation is 1. The first kappa shape index (κ1) is 22.0. The average Bonchev–Trinajstić information content (AvgIpc) is 3.35. The summed E-state index contributed by atoms with van der Waals surface area (Å²) in [6.45, 7) is 8.65. The first-order chi connectivity index (χ1) is 15.5. The van der Waals surface area contributed by atoms with Gasteiger partial charge in [-0.15, -0.1) is 0 Å². The summed E-state index contributed by atoms with van der Waals surface area (Å²) in [6, 6.07) is 10.2. The van der Waals surface area contributed by atoms with Gasteiger partial charge in [0.05, 0.1) is 6.26 Å². The van der Waals surface area contributed by atoms with E-state index in [4.69, 9.17) is 14.4 Å². The molecule has 1 atom stereocenters. The van der Waals surface area contributed by atoms with Crippen molar-refractivity contribution in [3.63, 3.8) is 0 Å². The quantitative estimate of drug-likeness (QED) is 0.566. The van der Waals surface area contributed by atoms with Crippen LogP contribution in [-0.4, -0.2) is 47.0 Å². The van der Waals surface area contributed by atoms with Crippen LogP contribution in [0.1, 0.15) is 59.4 Å². The Morgan fingerprint density at radius 1 is 1.12 bits per heavy atom. The van der Waals surface area contributed by atoms with Crippen LogP contribution in [0.3, 0.4) is 0 Å². The van der Waals surface area contributed by atoms with Crippen molar-refractivity contribution in [1.29, 1.82) is 0 Å². The van der Waals surface area contributed by atoms with Crippen LogP contribution in [-0.2, 0) is 6.42 Å². The van der Waals surface area contributed by atoms with Gasteiger partial charge in [-0.25, -0.2) is 14.4 Å². The maximum Gasteiger partial charge on any atom is 0.289 e. The first-order valence-corrected chi connectivity index (χ1v) is 11.2. The van der Waals surface area contributed by atoms with E-state index >= 15 is 0 Å². The second kappa shape index (κ2) is 9.51. The van der Waals surface area contributed by atoms with Crippen LogP contribution in [0.4, 0.5) is 10.2 Å². The predicted octanol–water partition coefficient (Wildman–Crippen LogP) is 4.58. The maximum atomic E-state index is 14.4. The Morgan fingerprint density at radius 2 is 1.88 bits per heavy atom. The molecule has 0 aliphatic carbocycles. The number of carbonyl (C=O) groups is 1. The zero-order valence-corrected chi connectivity index (χ0v) is 18.8. The number of piperazine rings is 1. The average molecular weight is 437 g/mol. The molecule has 1 aliphatic heterocycles. The highest BCUT2D eigenvalue weighted by atomic mass is 19.1. The monoisotopic (exact) mass is 436 g/mol. The van der Waals surface area contributed by atoms with Gasteiger partial charge in [-0.1, -0.05) is 32.0 Å². The minimum atomic E-state index is -0.224. The molecule has 0 N–H and O–H groups in total. The lowest BCUT2D eigenvalue weighted by molar-refractivity contribution is 0.0714. The molecule has 3 aromatic rings. The Bertz CT molecular complexity index is 1080. The fraction of sp³-hybridized carbons (Fsp3) is 0.400. The zero-order chi connectivity index (χ0) is 22.7. The third-order valence-corrected chi connectivity index (χ3v) is 6.19. The number of halogens is 1. The molecule has 6 nitrogen and oxygen atoms in total. The maximum absolute atomic E-state index is 14.4. The highest BCUT2D eigenvalue weighted by Gasteiger charge is 2.27.